The Morgan fingerprint density at radius 2 is 2.00 bits per heavy atom. The van der Waals surface area contributed by atoms with Crippen molar-refractivity contribution in [3.05, 3.63) is 50.6 Å². The zero-order chi connectivity index (χ0) is 14.0. The van der Waals surface area contributed by atoms with Crippen molar-refractivity contribution < 1.29 is 13.2 Å². The summed E-state index contributed by atoms with van der Waals surface area (Å²) in [4.78, 5) is 0. The van der Waals surface area contributed by atoms with E-state index in [1.165, 1.54) is 0 Å². The van der Waals surface area contributed by atoms with E-state index < -0.39 is 11.7 Å². The van der Waals surface area contributed by atoms with Crippen molar-refractivity contribution in [3.63, 3.8) is 0 Å². The standard InChI is InChI=1S/C13H11BrF3NS/c1-8(9-2-3-19-7-9)18-12-5-10(13(15,16)17)4-11(14)6-12/h2-8,18H,1H3. The Morgan fingerprint density at radius 3 is 2.58 bits per heavy atom. The van der Waals surface area contributed by atoms with Crippen molar-refractivity contribution in [1.29, 1.82) is 0 Å². The molecule has 1 unspecified atom stereocenters. The summed E-state index contributed by atoms with van der Waals surface area (Å²) in [6.45, 7) is 1.91. The fourth-order valence-electron chi connectivity index (χ4n) is 1.69. The first-order valence-corrected chi connectivity index (χ1v) is 7.26. The van der Waals surface area contributed by atoms with Crippen LogP contribution in [-0.2, 0) is 6.18 Å². The number of hydrogen-bond acceptors (Lipinski definition) is 2. The van der Waals surface area contributed by atoms with Crippen LogP contribution in [0, 0.1) is 0 Å². The van der Waals surface area contributed by atoms with Crippen LogP contribution in [0.3, 0.4) is 0 Å². The van der Waals surface area contributed by atoms with Gasteiger partial charge in [0.2, 0.25) is 0 Å². The van der Waals surface area contributed by atoms with Crippen LogP contribution in [0.4, 0.5) is 18.9 Å². The molecule has 1 aromatic heterocycles. The summed E-state index contributed by atoms with van der Waals surface area (Å²) in [7, 11) is 0. The average molecular weight is 350 g/mol. The Bertz CT molecular complexity index is 552. The smallest absolute Gasteiger partial charge is 0.378 e. The number of benzene rings is 1. The molecule has 19 heavy (non-hydrogen) atoms. The van der Waals surface area contributed by atoms with Gasteiger partial charge in [0, 0.05) is 16.2 Å². The number of halogens is 4. The fraction of sp³-hybridized carbons (Fsp3) is 0.231. The molecule has 0 aliphatic rings. The maximum absolute atomic E-state index is 12.7. The number of nitrogens with one attached hydrogen (secondary N) is 1. The minimum Gasteiger partial charge on any atom is -0.378 e. The second-order valence-corrected chi connectivity index (χ2v) is 5.84. The minimum atomic E-state index is -4.34. The molecule has 0 amide bonds. The molecule has 0 aliphatic carbocycles. The Labute approximate surface area is 121 Å². The van der Waals surface area contributed by atoms with Crippen molar-refractivity contribution in [2.75, 3.05) is 5.32 Å². The summed E-state index contributed by atoms with van der Waals surface area (Å²) >= 11 is 4.67. The number of anilines is 1. The van der Waals surface area contributed by atoms with Gasteiger partial charge in [-0.25, -0.2) is 0 Å². The van der Waals surface area contributed by atoms with Gasteiger partial charge in [-0.2, -0.15) is 24.5 Å². The van der Waals surface area contributed by atoms with E-state index in [2.05, 4.69) is 21.2 Å². The molecule has 0 spiro atoms. The molecule has 0 aliphatic heterocycles. The van der Waals surface area contributed by atoms with Crippen molar-refractivity contribution in [2.24, 2.45) is 0 Å². The van der Waals surface area contributed by atoms with E-state index in [0.717, 1.165) is 17.7 Å². The largest absolute Gasteiger partial charge is 0.416 e. The molecule has 1 heterocycles. The number of thiophene rings is 1. The maximum Gasteiger partial charge on any atom is 0.416 e. The second-order valence-electron chi connectivity index (χ2n) is 4.15. The molecule has 0 saturated heterocycles. The molecule has 1 nitrogen and oxygen atoms in total. The van der Waals surface area contributed by atoms with Gasteiger partial charge in [0.15, 0.2) is 0 Å². The van der Waals surface area contributed by atoms with Gasteiger partial charge in [0.1, 0.15) is 0 Å². The van der Waals surface area contributed by atoms with Gasteiger partial charge in [-0.15, -0.1) is 0 Å². The number of alkyl halides is 3. The SMILES string of the molecule is CC(Nc1cc(Br)cc(C(F)(F)F)c1)c1ccsc1. The van der Waals surface area contributed by atoms with Gasteiger partial charge in [-0.1, -0.05) is 15.9 Å². The Kier molecular flexibility index (Phi) is 4.20. The summed E-state index contributed by atoms with van der Waals surface area (Å²) < 4.78 is 38.5. The quantitative estimate of drug-likeness (QED) is 0.748. The van der Waals surface area contributed by atoms with Crippen LogP contribution < -0.4 is 5.32 Å². The summed E-state index contributed by atoms with van der Waals surface area (Å²) in [5, 5.41) is 6.99. The lowest BCUT2D eigenvalue weighted by molar-refractivity contribution is -0.137. The van der Waals surface area contributed by atoms with Crippen LogP contribution in [0.15, 0.2) is 39.5 Å². The van der Waals surface area contributed by atoms with Crippen LogP contribution in [0.25, 0.3) is 0 Å². The van der Waals surface area contributed by atoms with Gasteiger partial charge in [-0.3, -0.25) is 0 Å². The van der Waals surface area contributed by atoms with Crippen molar-refractivity contribution >= 4 is 33.0 Å². The molecule has 1 aromatic carbocycles. The molecule has 1 atom stereocenters. The molecule has 0 bridgehead atoms. The molecule has 102 valence electrons. The normalized spacial score (nSPS) is 13.3. The van der Waals surface area contributed by atoms with Crippen LogP contribution in [0.5, 0.6) is 0 Å². The molecule has 2 aromatic rings. The molecule has 6 heteroatoms. The maximum atomic E-state index is 12.7. The third kappa shape index (κ3) is 3.73. The van der Waals surface area contributed by atoms with Crippen LogP contribution in [-0.4, -0.2) is 0 Å². The summed E-state index contributed by atoms with van der Waals surface area (Å²) in [6, 6.07) is 5.73. The first-order chi connectivity index (χ1) is 8.86. The summed E-state index contributed by atoms with van der Waals surface area (Å²) in [5.41, 5.74) is 0.834. The monoisotopic (exact) mass is 349 g/mol. The lowest BCUT2D eigenvalue weighted by Crippen LogP contribution is -2.09. The molecule has 1 N–H and O–H groups in total. The van der Waals surface area contributed by atoms with Gasteiger partial charge in [0.25, 0.3) is 0 Å². The summed E-state index contributed by atoms with van der Waals surface area (Å²) in [6.07, 6.45) is -4.34. The molecular weight excluding hydrogens is 339 g/mol. The van der Waals surface area contributed by atoms with E-state index in [-0.39, 0.29) is 6.04 Å². The highest BCUT2D eigenvalue weighted by molar-refractivity contribution is 9.10. The fourth-order valence-corrected chi connectivity index (χ4v) is 2.94. The van der Waals surface area contributed by atoms with Crippen molar-refractivity contribution in [2.45, 2.75) is 19.1 Å². The average Bonchev–Trinajstić information content (AvgIpc) is 2.80. The van der Waals surface area contributed by atoms with Crippen molar-refractivity contribution in [3.8, 4) is 0 Å². The van der Waals surface area contributed by atoms with E-state index in [1.54, 1.807) is 17.4 Å². The summed E-state index contributed by atoms with van der Waals surface area (Å²) in [5.74, 6) is 0. The second kappa shape index (κ2) is 5.54. The van der Waals surface area contributed by atoms with Crippen LogP contribution in [0.2, 0.25) is 0 Å². The minimum absolute atomic E-state index is 0.0402. The van der Waals surface area contributed by atoms with Gasteiger partial charge in [-0.05, 0) is 47.5 Å². The first-order valence-electron chi connectivity index (χ1n) is 5.52. The molecule has 0 fully saturated rings. The van der Waals surface area contributed by atoms with E-state index >= 15 is 0 Å². The Balaban J connectivity index is 2.23. The number of hydrogen-bond donors (Lipinski definition) is 1. The predicted molar refractivity (Wildman–Crippen MR) is 75.5 cm³/mol. The lowest BCUT2D eigenvalue weighted by Gasteiger charge is -2.16. The van der Waals surface area contributed by atoms with Crippen LogP contribution in [0.1, 0.15) is 24.1 Å². The van der Waals surface area contributed by atoms with Gasteiger partial charge < -0.3 is 5.32 Å². The Morgan fingerprint density at radius 1 is 1.26 bits per heavy atom. The highest BCUT2D eigenvalue weighted by Gasteiger charge is 2.31. The highest BCUT2D eigenvalue weighted by atomic mass is 79.9. The predicted octanol–water partition coefficient (Wildman–Crippen LogP) is 5.70. The van der Waals surface area contributed by atoms with Gasteiger partial charge in [0.05, 0.1) is 5.56 Å². The topological polar surface area (TPSA) is 12.0 Å². The highest BCUT2D eigenvalue weighted by Crippen LogP contribution is 2.34. The van der Waals surface area contributed by atoms with E-state index in [0.29, 0.717) is 10.2 Å². The molecule has 2 rings (SSSR count). The zero-order valence-electron chi connectivity index (χ0n) is 9.96. The van der Waals surface area contributed by atoms with E-state index in [9.17, 15) is 13.2 Å². The molecular formula is C13H11BrF3NS. The molecule has 0 saturated carbocycles. The lowest BCUT2D eigenvalue weighted by atomic mass is 10.1. The Hall–Kier alpha value is -1.01. The third-order valence-corrected chi connectivity index (χ3v) is 3.81. The van der Waals surface area contributed by atoms with E-state index in [1.807, 2.05) is 23.8 Å². The first kappa shape index (κ1) is 14.4. The molecule has 0 radical (unpaired) electrons. The third-order valence-electron chi connectivity index (χ3n) is 2.65. The van der Waals surface area contributed by atoms with Gasteiger partial charge >= 0.3 is 6.18 Å². The van der Waals surface area contributed by atoms with Crippen molar-refractivity contribution in [1.82, 2.24) is 0 Å². The van der Waals surface area contributed by atoms with Crippen LogP contribution >= 0.6 is 27.3 Å². The number of rotatable bonds is 3. The van der Waals surface area contributed by atoms with E-state index in [4.69, 9.17) is 0 Å². The zero-order valence-corrected chi connectivity index (χ0v) is 12.4.